The van der Waals surface area contributed by atoms with Crippen molar-refractivity contribution in [1.82, 2.24) is 0 Å². The number of halogens is 1. The lowest BCUT2D eigenvalue weighted by Crippen LogP contribution is -2.13. The highest BCUT2D eigenvalue weighted by molar-refractivity contribution is 7.90. The summed E-state index contributed by atoms with van der Waals surface area (Å²) in [6.07, 6.45) is 0.406. The van der Waals surface area contributed by atoms with E-state index in [9.17, 15) is 17.6 Å². The van der Waals surface area contributed by atoms with Crippen molar-refractivity contribution in [3.63, 3.8) is 0 Å². The van der Waals surface area contributed by atoms with Crippen LogP contribution in [0.4, 0.5) is 4.39 Å². The third-order valence-corrected chi connectivity index (χ3v) is 4.28. The molecule has 116 valence electrons. The van der Waals surface area contributed by atoms with Crippen LogP contribution < -0.4 is 0 Å². The van der Waals surface area contributed by atoms with Crippen LogP contribution in [0.2, 0.25) is 0 Å². The molecule has 0 amide bonds. The molecule has 2 aromatic rings. The number of rotatable bonds is 4. The normalized spacial score (nSPS) is 12.7. The number of sulfone groups is 1. The van der Waals surface area contributed by atoms with Crippen molar-refractivity contribution in [1.29, 1.82) is 0 Å². The van der Waals surface area contributed by atoms with Crippen LogP contribution in [0, 0.1) is 5.82 Å². The minimum atomic E-state index is -3.53. The van der Waals surface area contributed by atoms with Gasteiger partial charge >= 0.3 is 5.97 Å². The molecule has 0 saturated heterocycles. The van der Waals surface area contributed by atoms with Crippen LogP contribution in [0.25, 0.3) is 0 Å². The van der Waals surface area contributed by atoms with E-state index in [2.05, 4.69) is 0 Å². The molecule has 0 fully saturated rings. The molecule has 0 aliphatic carbocycles. The summed E-state index contributed by atoms with van der Waals surface area (Å²) in [7, 11) is -3.53. The summed E-state index contributed by atoms with van der Waals surface area (Å²) in [6, 6.07) is 11.4. The monoisotopic (exact) mass is 322 g/mol. The Kier molecular flexibility index (Phi) is 4.61. The number of ether oxygens (including phenoxy) is 1. The van der Waals surface area contributed by atoms with Gasteiger partial charge in [-0.25, -0.2) is 17.6 Å². The molecule has 0 radical (unpaired) electrons. The number of hydrogen-bond acceptors (Lipinski definition) is 4. The van der Waals surface area contributed by atoms with Crippen molar-refractivity contribution in [2.75, 3.05) is 6.26 Å². The number of esters is 1. The van der Waals surface area contributed by atoms with Gasteiger partial charge in [0.2, 0.25) is 0 Å². The molecule has 0 spiro atoms. The third kappa shape index (κ3) is 3.71. The summed E-state index contributed by atoms with van der Waals surface area (Å²) in [5.74, 6) is -1.12. The highest BCUT2D eigenvalue weighted by atomic mass is 32.2. The Bertz CT molecular complexity index is 782. The quantitative estimate of drug-likeness (QED) is 0.811. The van der Waals surface area contributed by atoms with Crippen LogP contribution in [0.15, 0.2) is 53.4 Å². The van der Waals surface area contributed by atoms with Crippen LogP contribution in [0.3, 0.4) is 0 Å². The number of hydrogen-bond donors (Lipinski definition) is 0. The number of benzene rings is 2. The predicted octanol–water partition coefficient (Wildman–Crippen LogP) is 3.15. The molecule has 2 aromatic carbocycles. The van der Waals surface area contributed by atoms with Crippen LogP contribution in [0.5, 0.6) is 0 Å². The second-order valence-electron chi connectivity index (χ2n) is 4.87. The molecule has 0 aliphatic rings. The molecule has 1 atom stereocenters. The fourth-order valence-corrected chi connectivity index (χ4v) is 2.86. The minimum absolute atomic E-state index is 0.0149. The van der Waals surface area contributed by atoms with E-state index in [1.807, 2.05) is 0 Å². The Labute approximate surface area is 128 Å². The van der Waals surface area contributed by atoms with E-state index in [4.69, 9.17) is 4.74 Å². The fourth-order valence-electron chi connectivity index (χ4n) is 1.98. The summed E-state index contributed by atoms with van der Waals surface area (Å²) in [5, 5.41) is 0. The highest BCUT2D eigenvalue weighted by Gasteiger charge is 2.21. The van der Waals surface area contributed by atoms with Gasteiger partial charge in [0.15, 0.2) is 9.84 Å². The molecular formula is C16H15FO4S. The van der Waals surface area contributed by atoms with Crippen LogP contribution >= 0.6 is 0 Å². The van der Waals surface area contributed by atoms with Gasteiger partial charge in [-0.3, -0.25) is 0 Å². The predicted molar refractivity (Wildman–Crippen MR) is 79.8 cm³/mol. The van der Waals surface area contributed by atoms with E-state index in [1.165, 1.54) is 42.5 Å². The van der Waals surface area contributed by atoms with Crippen molar-refractivity contribution in [3.05, 3.63) is 65.5 Å². The van der Waals surface area contributed by atoms with E-state index >= 15 is 0 Å². The van der Waals surface area contributed by atoms with E-state index in [0.29, 0.717) is 5.56 Å². The Balaban J connectivity index is 2.25. The van der Waals surface area contributed by atoms with E-state index < -0.39 is 21.9 Å². The summed E-state index contributed by atoms with van der Waals surface area (Å²) >= 11 is 0. The maximum atomic E-state index is 12.9. The van der Waals surface area contributed by atoms with Crippen molar-refractivity contribution >= 4 is 15.8 Å². The maximum absolute atomic E-state index is 12.9. The zero-order valence-corrected chi connectivity index (χ0v) is 12.9. The lowest BCUT2D eigenvalue weighted by atomic mass is 10.1. The Morgan fingerprint density at radius 2 is 1.68 bits per heavy atom. The molecule has 2 rings (SSSR count). The zero-order chi connectivity index (χ0) is 16.3. The van der Waals surface area contributed by atoms with Gasteiger partial charge in [0, 0.05) is 6.26 Å². The van der Waals surface area contributed by atoms with Gasteiger partial charge < -0.3 is 4.74 Å². The smallest absolute Gasteiger partial charge is 0.340 e. The Hall–Kier alpha value is -2.21. The second kappa shape index (κ2) is 6.27. The van der Waals surface area contributed by atoms with Crippen molar-refractivity contribution in [2.24, 2.45) is 0 Å². The molecule has 0 heterocycles. The molecule has 0 N–H and O–H groups in total. The molecule has 0 aliphatic heterocycles. The van der Waals surface area contributed by atoms with E-state index in [-0.39, 0.29) is 16.3 Å². The molecule has 6 heteroatoms. The molecule has 4 nitrogen and oxygen atoms in total. The Morgan fingerprint density at radius 1 is 1.09 bits per heavy atom. The van der Waals surface area contributed by atoms with E-state index in [1.54, 1.807) is 13.0 Å². The minimum Gasteiger partial charge on any atom is -0.454 e. The fraction of sp³-hybridized carbons (Fsp3) is 0.188. The third-order valence-electron chi connectivity index (χ3n) is 3.13. The van der Waals surface area contributed by atoms with Crippen LogP contribution in [0.1, 0.15) is 28.9 Å². The summed E-state index contributed by atoms with van der Waals surface area (Å²) < 4.78 is 41.6. The first kappa shape index (κ1) is 16.2. The summed E-state index contributed by atoms with van der Waals surface area (Å²) in [5.41, 5.74) is 0.602. The molecule has 0 aromatic heterocycles. The first-order valence-corrected chi connectivity index (χ1v) is 8.43. The first-order chi connectivity index (χ1) is 10.3. The van der Waals surface area contributed by atoms with Gasteiger partial charge in [-0.15, -0.1) is 0 Å². The van der Waals surface area contributed by atoms with Crippen LogP contribution in [-0.2, 0) is 14.6 Å². The highest BCUT2D eigenvalue weighted by Crippen LogP contribution is 2.22. The van der Waals surface area contributed by atoms with Gasteiger partial charge in [0.05, 0.1) is 10.5 Å². The topological polar surface area (TPSA) is 60.4 Å². The van der Waals surface area contributed by atoms with Crippen molar-refractivity contribution in [2.45, 2.75) is 17.9 Å². The summed E-state index contributed by atoms with van der Waals surface area (Å²) in [4.78, 5) is 12.1. The second-order valence-corrected chi connectivity index (χ2v) is 6.85. The van der Waals surface area contributed by atoms with Gasteiger partial charge in [0.25, 0.3) is 0 Å². The molecular weight excluding hydrogens is 307 g/mol. The molecule has 0 bridgehead atoms. The van der Waals surface area contributed by atoms with Crippen molar-refractivity contribution in [3.8, 4) is 0 Å². The molecule has 1 unspecified atom stereocenters. The van der Waals surface area contributed by atoms with E-state index in [0.717, 1.165) is 6.26 Å². The van der Waals surface area contributed by atoms with Gasteiger partial charge in [-0.05, 0) is 36.8 Å². The first-order valence-electron chi connectivity index (χ1n) is 6.54. The van der Waals surface area contributed by atoms with Gasteiger partial charge in [-0.1, -0.05) is 24.3 Å². The molecule has 22 heavy (non-hydrogen) atoms. The molecule has 0 saturated carbocycles. The van der Waals surface area contributed by atoms with Gasteiger partial charge in [0.1, 0.15) is 11.9 Å². The average molecular weight is 322 g/mol. The lowest BCUT2D eigenvalue weighted by Gasteiger charge is -2.15. The summed E-state index contributed by atoms with van der Waals surface area (Å²) in [6.45, 7) is 1.63. The van der Waals surface area contributed by atoms with Crippen LogP contribution in [-0.4, -0.2) is 20.6 Å². The van der Waals surface area contributed by atoms with Gasteiger partial charge in [-0.2, -0.15) is 0 Å². The largest absolute Gasteiger partial charge is 0.454 e. The van der Waals surface area contributed by atoms with Crippen molar-refractivity contribution < 1.29 is 22.3 Å². The standard InChI is InChI=1S/C16H15FO4S/c1-11(12-7-9-13(17)10-8-12)21-16(18)14-5-3-4-6-15(14)22(2,19)20/h3-11H,1-2H3. The number of carbonyl (C=O) groups is 1. The lowest BCUT2D eigenvalue weighted by molar-refractivity contribution is 0.0333. The zero-order valence-electron chi connectivity index (χ0n) is 12.1. The average Bonchev–Trinajstić information content (AvgIpc) is 2.47. The Morgan fingerprint density at radius 3 is 2.27 bits per heavy atom. The number of carbonyl (C=O) groups excluding carboxylic acids is 1. The SMILES string of the molecule is CC(OC(=O)c1ccccc1S(C)(=O)=O)c1ccc(F)cc1. The maximum Gasteiger partial charge on any atom is 0.340 e.